The average molecular weight is 503 g/mol. The van der Waals surface area contributed by atoms with E-state index in [1.807, 2.05) is 44.2 Å². The number of ether oxygens (including phenoxy) is 1. The van der Waals surface area contributed by atoms with E-state index in [-0.39, 0.29) is 30.5 Å². The number of likely N-dealkylation sites (tertiary alicyclic amines) is 1. The maximum atomic E-state index is 14.6. The van der Waals surface area contributed by atoms with Crippen LogP contribution in [0.15, 0.2) is 42.5 Å². The molecule has 2 aliphatic heterocycles. The molecule has 2 fully saturated rings. The van der Waals surface area contributed by atoms with Gasteiger partial charge in [-0.25, -0.2) is 13.6 Å². The molecule has 0 spiro atoms. The van der Waals surface area contributed by atoms with E-state index < -0.39 is 22.2 Å². The highest BCUT2D eigenvalue weighted by atomic mass is 19.1. The summed E-state index contributed by atoms with van der Waals surface area (Å²) in [6.07, 6.45) is 1.44. The van der Waals surface area contributed by atoms with Gasteiger partial charge in [-0.05, 0) is 38.2 Å². The van der Waals surface area contributed by atoms with Crippen molar-refractivity contribution in [2.24, 2.45) is 5.92 Å². The van der Waals surface area contributed by atoms with Gasteiger partial charge in [-0.15, -0.1) is 0 Å². The van der Waals surface area contributed by atoms with Crippen molar-refractivity contribution in [2.75, 3.05) is 37.6 Å². The monoisotopic (exact) mass is 502 g/mol. The number of rotatable bonds is 6. The molecule has 10 heteroatoms. The number of nitro benzene ring substituents is 1. The van der Waals surface area contributed by atoms with Crippen molar-refractivity contribution in [1.82, 2.24) is 9.80 Å². The molecular weight excluding hydrogens is 470 g/mol. The number of carbonyl (C=O) groups excluding carboxylic acids is 1. The van der Waals surface area contributed by atoms with E-state index in [0.29, 0.717) is 32.1 Å². The highest BCUT2D eigenvalue weighted by molar-refractivity contribution is 5.67. The molecule has 4 rings (SSSR count). The van der Waals surface area contributed by atoms with E-state index in [1.165, 1.54) is 0 Å². The Hall–Kier alpha value is -3.27. The molecule has 36 heavy (non-hydrogen) atoms. The Morgan fingerprint density at radius 3 is 2.19 bits per heavy atom. The molecular formula is C26H32F2N4O4. The number of piperidine rings is 1. The Morgan fingerprint density at radius 2 is 1.64 bits per heavy atom. The van der Waals surface area contributed by atoms with Gasteiger partial charge in [0.1, 0.15) is 12.3 Å². The number of amides is 1. The molecule has 0 saturated carbocycles. The number of nitrogens with zero attached hydrogens (tertiary/aromatic N) is 4. The van der Waals surface area contributed by atoms with Gasteiger partial charge < -0.3 is 14.5 Å². The van der Waals surface area contributed by atoms with Crippen LogP contribution in [0.3, 0.4) is 0 Å². The molecule has 2 aromatic carbocycles. The van der Waals surface area contributed by atoms with Gasteiger partial charge in [0.15, 0.2) is 11.6 Å². The topological polar surface area (TPSA) is 79.2 Å². The lowest BCUT2D eigenvalue weighted by molar-refractivity contribution is -0.385. The Labute approximate surface area is 209 Å². The van der Waals surface area contributed by atoms with Gasteiger partial charge in [-0.1, -0.05) is 30.3 Å². The van der Waals surface area contributed by atoms with Crippen molar-refractivity contribution in [1.29, 1.82) is 0 Å². The second kappa shape index (κ2) is 11.2. The maximum absolute atomic E-state index is 14.6. The van der Waals surface area contributed by atoms with Crippen molar-refractivity contribution in [3.05, 3.63) is 69.8 Å². The number of carbonyl (C=O) groups is 1. The van der Waals surface area contributed by atoms with Gasteiger partial charge in [-0.3, -0.25) is 15.0 Å². The van der Waals surface area contributed by atoms with Crippen LogP contribution in [-0.2, 0) is 11.3 Å². The molecule has 2 aromatic rings. The minimum Gasteiger partial charge on any atom is -0.445 e. The maximum Gasteiger partial charge on any atom is 0.410 e. The molecule has 0 aromatic heterocycles. The van der Waals surface area contributed by atoms with Crippen LogP contribution in [-0.4, -0.2) is 65.6 Å². The van der Waals surface area contributed by atoms with Gasteiger partial charge >= 0.3 is 6.09 Å². The summed E-state index contributed by atoms with van der Waals surface area (Å²) in [4.78, 5) is 28.3. The van der Waals surface area contributed by atoms with Crippen LogP contribution in [0.25, 0.3) is 0 Å². The van der Waals surface area contributed by atoms with E-state index in [4.69, 9.17) is 4.74 Å². The fourth-order valence-corrected chi connectivity index (χ4v) is 5.27. The normalized spacial score (nSPS) is 21.4. The third-order valence-electron chi connectivity index (χ3n) is 7.18. The fourth-order valence-electron chi connectivity index (χ4n) is 5.27. The zero-order chi connectivity index (χ0) is 25.8. The highest BCUT2D eigenvalue weighted by Crippen LogP contribution is 2.32. The molecule has 0 unspecified atom stereocenters. The summed E-state index contributed by atoms with van der Waals surface area (Å²) in [5.41, 5.74) is 0.154. The number of non-ortho nitro benzene ring substituents is 1. The van der Waals surface area contributed by atoms with Crippen molar-refractivity contribution in [3.8, 4) is 0 Å². The number of benzene rings is 2. The van der Waals surface area contributed by atoms with E-state index in [2.05, 4.69) is 4.90 Å². The first kappa shape index (κ1) is 25.8. The lowest BCUT2D eigenvalue weighted by Crippen LogP contribution is -2.58. The van der Waals surface area contributed by atoms with Crippen molar-refractivity contribution < 1.29 is 23.2 Å². The number of halogens is 2. The third kappa shape index (κ3) is 5.92. The molecule has 0 bridgehead atoms. The van der Waals surface area contributed by atoms with Crippen LogP contribution in [0.5, 0.6) is 0 Å². The zero-order valence-electron chi connectivity index (χ0n) is 20.6. The van der Waals surface area contributed by atoms with E-state index >= 15 is 0 Å². The first-order valence-electron chi connectivity index (χ1n) is 12.3. The average Bonchev–Trinajstić information content (AvgIpc) is 2.85. The van der Waals surface area contributed by atoms with Gasteiger partial charge in [0, 0.05) is 44.8 Å². The van der Waals surface area contributed by atoms with E-state index in [9.17, 15) is 23.7 Å². The zero-order valence-corrected chi connectivity index (χ0v) is 20.6. The predicted octanol–water partition coefficient (Wildman–Crippen LogP) is 4.82. The van der Waals surface area contributed by atoms with Gasteiger partial charge in [-0.2, -0.15) is 0 Å². The summed E-state index contributed by atoms with van der Waals surface area (Å²) in [6.45, 7) is 7.27. The number of anilines is 1. The first-order valence-corrected chi connectivity index (χ1v) is 12.3. The van der Waals surface area contributed by atoms with Crippen LogP contribution >= 0.6 is 0 Å². The summed E-state index contributed by atoms with van der Waals surface area (Å²) >= 11 is 0. The van der Waals surface area contributed by atoms with Gasteiger partial charge in [0.25, 0.3) is 5.69 Å². The van der Waals surface area contributed by atoms with Crippen LogP contribution in [0.2, 0.25) is 0 Å². The van der Waals surface area contributed by atoms with E-state index in [0.717, 1.165) is 37.1 Å². The number of hydrogen-bond donors (Lipinski definition) is 0. The van der Waals surface area contributed by atoms with Crippen molar-refractivity contribution in [3.63, 3.8) is 0 Å². The molecule has 2 saturated heterocycles. The SMILES string of the molecule is C[C@@H]1CN(c2c(F)cc([N+](=O)[O-])cc2F)C[C@H](C)N1CC1CCN(C(=O)OCc2ccccc2)CC1. The van der Waals surface area contributed by atoms with Gasteiger partial charge in [0.2, 0.25) is 0 Å². The molecule has 0 aliphatic carbocycles. The van der Waals surface area contributed by atoms with Crippen LogP contribution in [0, 0.1) is 27.7 Å². The first-order chi connectivity index (χ1) is 17.2. The Kier molecular flexibility index (Phi) is 8.03. The lowest BCUT2D eigenvalue weighted by Gasteiger charge is -2.47. The minimum absolute atomic E-state index is 0.0385. The summed E-state index contributed by atoms with van der Waals surface area (Å²) < 4.78 is 34.6. The summed E-state index contributed by atoms with van der Waals surface area (Å²) in [5, 5.41) is 10.9. The number of hydrogen-bond acceptors (Lipinski definition) is 6. The van der Waals surface area contributed by atoms with Crippen LogP contribution < -0.4 is 4.90 Å². The van der Waals surface area contributed by atoms with Crippen LogP contribution in [0.1, 0.15) is 32.3 Å². The fraction of sp³-hybridized carbons (Fsp3) is 0.500. The Bertz CT molecular complexity index is 1040. The molecule has 0 radical (unpaired) electrons. The Morgan fingerprint density at radius 1 is 1.06 bits per heavy atom. The Balaban J connectivity index is 1.29. The number of piperazine rings is 1. The summed E-state index contributed by atoms with van der Waals surface area (Å²) in [5.74, 6) is -1.42. The second-order valence-corrected chi connectivity index (χ2v) is 9.79. The third-order valence-corrected chi connectivity index (χ3v) is 7.18. The minimum atomic E-state index is -0.916. The van der Waals surface area contributed by atoms with Crippen molar-refractivity contribution in [2.45, 2.75) is 45.4 Å². The summed E-state index contributed by atoms with van der Waals surface area (Å²) in [7, 11) is 0. The molecule has 1 amide bonds. The summed E-state index contributed by atoms with van der Waals surface area (Å²) in [6, 6.07) is 11.2. The quantitative estimate of drug-likeness (QED) is 0.416. The molecule has 8 nitrogen and oxygen atoms in total. The molecule has 0 N–H and O–H groups in total. The standard InChI is InChI=1S/C26H32F2N4O4/c1-18-14-30(25-23(27)12-22(32(34)35)13-24(25)28)15-19(2)31(18)16-20-8-10-29(11-9-20)26(33)36-17-21-6-4-3-5-7-21/h3-7,12-13,18-20H,8-11,14-17H2,1-2H3/t18-,19+. The molecule has 194 valence electrons. The predicted molar refractivity (Wildman–Crippen MR) is 132 cm³/mol. The number of nitro groups is 1. The van der Waals surface area contributed by atoms with E-state index in [1.54, 1.807) is 9.80 Å². The highest BCUT2D eigenvalue weighted by Gasteiger charge is 2.35. The molecule has 2 heterocycles. The molecule has 2 aliphatic rings. The van der Waals surface area contributed by atoms with Crippen LogP contribution in [0.4, 0.5) is 25.0 Å². The second-order valence-electron chi connectivity index (χ2n) is 9.79. The smallest absolute Gasteiger partial charge is 0.410 e. The largest absolute Gasteiger partial charge is 0.445 e. The lowest BCUT2D eigenvalue weighted by atomic mass is 9.94. The van der Waals surface area contributed by atoms with Crippen molar-refractivity contribution >= 4 is 17.5 Å². The van der Waals surface area contributed by atoms with Gasteiger partial charge in [0.05, 0.1) is 17.1 Å². The molecule has 2 atom stereocenters.